The number of rotatable bonds is 6. The van der Waals surface area contributed by atoms with E-state index in [1.807, 2.05) is 35.8 Å². The molecule has 3 heterocycles. The molecule has 0 saturated carbocycles. The lowest BCUT2D eigenvalue weighted by atomic mass is 9.99. The molecule has 3 rings (SSSR count). The van der Waals surface area contributed by atoms with Crippen LogP contribution in [0.3, 0.4) is 0 Å². The standard InChI is InChI=1S/C17H26N2O3S/c1-18(2)8-9-21-11-14-3-4-15-16(22-14)5-7-19(15)17(20)13-6-10-23-12-13/h6,10,12,14-16H,3-5,7-9,11H2,1-2H3/t14-,15-,16-/m0/s1. The predicted molar refractivity (Wildman–Crippen MR) is 91.0 cm³/mol. The number of hydrogen-bond acceptors (Lipinski definition) is 5. The summed E-state index contributed by atoms with van der Waals surface area (Å²) in [5.41, 5.74) is 0.810. The second-order valence-electron chi connectivity index (χ2n) is 6.62. The van der Waals surface area contributed by atoms with Crippen LogP contribution in [-0.2, 0) is 9.47 Å². The minimum absolute atomic E-state index is 0.156. The van der Waals surface area contributed by atoms with E-state index in [2.05, 4.69) is 4.90 Å². The zero-order chi connectivity index (χ0) is 16.2. The molecule has 0 radical (unpaired) electrons. The van der Waals surface area contributed by atoms with Crippen molar-refractivity contribution in [2.24, 2.45) is 0 Å². The van der Waals surface area contributed by atoms with Crippen LogP contribution in [0.4, 0.5) is 0 Å². The number of thiophene rings is 1. The first-order valence-corrected chi connectivity index (χ1v) is 9.30. The number of ether oxygens (including phenoxy) is 2. The first-order chi connectivity index (χ1) is 11.1. The van der Waals surface area contributed by atoms with Crippen molar-refractivity contribution in [3.05, 3.63) is 22.4 Å². The van der Waals surface area contributed by atoms with Gasteiger partial charge in [0.2, 0.25) is 0 Å². The average Bonchev–Trinajstić information content (AvgIpc) is 3.19. The molecule has 0 N–H and O–H groups in total. The van der Waals surface area contributed by atoms with Crippen LogP contribution >= 0.6 is 11.3 Å². The van der Waals surface area contributed by atoms with Gasteiger partial charge in [0.15, 0.2) is 0 Å². The van der Waals surface area contributed by atoms with Gasteiger partial charge in [-0.1, -0.05) is 0 Å². The molecule has 128 valence electrons. The molecule has 2 aliphatic heterocycles. The molecule has 23 heavy (non-hydrogen) atoms. The van der Waals surface area contributed by atoms with Gasteiger partial charge < -0.3 is 19.3 Å². The predicted octanol–water partition coefficient (Wildman–Crippen LogP) is 2.09. The summed E-state index contributed by atoms with van der Waals surface area (Å²) >= 11 is 1.57. The molecule has 2 saturated heterocycles. The largest absolute Gasteiger partial charge is 0.377 e. The third kappa shape index (κ3) is 4.12. The molecule has 0 aliphatic carbocycles. The van der Waals surface area contributed by atoms with Gasteiger partial charge in [-0.15, -0.1) is 0 Å². The molecular formula is C17H26N2O3S. The van der Waals surface area contributed by atoms with Crippen molar-refractivity contribution in [3.8, 4) is 0 Å². The first kappa shape index (κ1) is 16.9. The molecule has 1 aromatic heterocycles. The van der Waals surface area contributed by atoms with Gasteiger partial charge in [-0.3, -0.25) is 4.79 Å². The lowest BCUT2D eigenvalue weighted by molar-refractivity contribution is -0.0969. The van der Waals surface area contributed by atoms with E-state index >= 15 is 0 Å². The Balaban J connectivity index is 1.47. The van der Waals surface area contributed by atoms with Gasteiger partial charge in [-0.2, -0.15) is 11.3 Å². The number of fused-ring (bicyclic) bond motifs is 1. The molecule has 0 spiro atoms. The minimum atomic E-state index is 0.156. The molecule has 5 nitrogen and oxygen atoms in total. The molecule has 0 bridgehead atoms. The zero-order valence-electron chi connectivity index (χ0n) is 13.9. The summed E-state index contributed by atoms with van der Waals surface area (Å²) in [5, 5.41) is 3.89. The van der Waals surface area contributed by atoms with Crippen molar-refractivity contribution in [2.75, 3.05) is 40.4 Å². The highest BCUT2D eigenvalue weighted by atomic mass is 32.1. The Labute approximate surface area is 142 Å². The Morgan fingerprint density at radius 2 is 2.30 bits per heavy atom. The third-order valence-electron chi connectivity index (χ3n) is 4.65. The Bertz CT molecular complexity index is 506. The van der Waals surface area contributed by atoms with Crippen LogP contribution in [0.5, 0.6) is 0 Å². The van der Waals surface area contributed by atoms with E-state index in [1.165, 1.54) is 0 Å². The van der Waals surface area contributed by atoms with Gasteiger partial charge in [-0.25, -0.2) is 0 Å². The maximum Gasteiger partial charge on any atom is 0.255 e. The molecule has 3 atom stereocenters. The van der Waals surface area contributed by atoms with E-state index in [0.717, 1.165) is 44.5 Å². The quantitative estimate of drug-likeness (QED) is 0.745. The fraction of sp³-hybridized carbons (Fsp3) is 0.706. The zero-order valence-corrected chi connectivity index (χ0v) is 14.8. The number of carbonyl (C=O) groups is 1. The molecule has 6 heteroatoms. The van der Waals surface area contributed by atoms with Crippen LogP contribution in [0.2, 0.25) is 0 Å². The molecular weight excluding hydrogens is 312 g/mol. The van der Waals surface area contributed by atoms with Crippen molar-refractivity contribution in [3.63, 3.8) is 0 Å². The highest BCUT2D eigenvalue weighted by Crippen LogP contribution is 2.32. The summed E-state index contributed by atoms with van der Waals surface area (Å²) in [6.07, 6.45) is 3.27. The Kier molecular flexibility index (Phi) is 5.69. The Hall–Kier alpha value is -0.950. The van der Waals surface area contributed by atoms with E-state index in [-0.39, 0.29) is 24.2 Å². The van der Waals surface area contributed by atoms with Crippen molar-refractivity contribution in [1.29, 1.82) is 0 Å². The van der Waals surface area contributed by atoms with Crippen molar-refractivity contribution >= 4 is 17.2 Å². The van der Waals surface area contributed by atoms with Gasteiger partial charge in [0.25, 0.3) is 5.91 Å². The molecule has 1 aromatic rings. The summed E-state index contributed by atoms with van der Waals surface area (Å²) in [7, 11) is 4.09. The van der Waals surface area contributed by atoms with Gasteiger partial charge in [0.05, 0.1) is 37.0 Å². The smallest absolute Gasteiger partial charge is 0.255 e. The number of hydrogen-bond donors (Lipinski definition) is 0. The summed E-state index contributed by atoms with van der Waals surface area (Å²) < 4.78 is 11.9. The monoisotopic (exact) mass is 338 g/mol. The number of carbonyl (C=O) groups excluding carboxylic acids is 1. The molecule has 0 aromatic carbocycles. The van der Waals surface area contributed by atoms with Crippen LogP contribution < -0.4 is 0 Å². The molecule has 1 amide bonds. The van der Waals surface area contributed by atoms with Crippen molar-refractivity contribution in [1.82, 2.24) is 9.80 Å². The van der Waals surface area contributed by atoms with Crippen molar-refractivity contribution in [2.45, 2.75) is 37.5 Å². The highest BCUT2D eigenvalue weighted by Gasteiger charge is 2.42. The molecule has 2 fully saturated rings. The summed E-state index contributed by atoms with van der Waals surface area (Å²) in [6.45, 7) is 3.14. The van der Waals surface area contributed by atoms with Crippen LogP contribution in [0.25, 0.3) is 0 Å². The van der Waals surface area contributed by atoms with Crippen LogP contribution in [0.15, 0.2) is 16.8 Å². The van der Waals surface area contributed by atoms with Gasteiger partial charge in [0.1, 0.15) is 0 Å². The maximum absolute atomic E-state index is 12.6. The molecule has 2 aliphatic rings. The number of amides is 1. The number of likely N-dealkylation sites (N-methyl/N-ethyl adjacent to an activating group) is 1. The average molecular weight is 338 g/mol. The van der Waals surface area contributed by atoms with E-state index in [1.54, 1.807) is 11.3 Å². The van der Waals surface area contributed by atoms with Gasteiger partial charge in [0, 0.05) is 18.5 Å². The van der Waals surface area contributed by atoms with Crippen LogP contribution in [0.1, 0.15) is 29.6 Å². The van der Waals surface area contributed by atoms with E-state index in [9.17, 15) is 4.79 Å². The maximum atomic E-state index is 12.6. The summed E-state index contributed by atoms with van der Waals surface area (Å²) in [6, 6.07) is 2.14. The normalized spacial score (nSPS) is 27.4. The van der Waals surface area contributed by atoms with E-state index < -0.39 is 0 Å². The lowest BCUT2D eigenvalue weighted by Gasteiger charge is -2.35. The molecule has 0 unspecified atom stereocenters. The fourth-order valence-electron chi connectivity index (χ4n) is 3.39. The second kappa shape index (κ2) is 7.75. The Morgan fingerprint density at radius 3 is 3.04 bits per heavy atom. The highest BCUT2D eigenvalue weighted by molar-refractivity contribution is 7.08. The second-order valence-corrected chi connectivity index (χ2v) is 7.40. The SMILES string of the molecule is CN(C)CCOC[C@@H]1CC[C@H]2[C@H](CCN2C(=O)c2ccsc2)O1. The number of likely N-dealkylation sites (tertiary alicyclic amines) is 1. The van der Waals surface area contributed by atoms with E-state index in [4.69, 9.17) is 9.47 Å². The van der Waals surface area contributed by atoms with Crippen LogP contribution in [0, 0.1) is 0 Å². The lowest BCUT2D eigenvalue weighted by Crippen LogP contribution is -2.46. The Morgan fingerprint density at radius 1 is 1.43 bits per heavy atom. The summed E-state index contributed by atoms with van der Waals surface area (Å²) in [5.74, 6) is 0.156. The van der Waals surface area contributed by atoms with Crippen molar-refractivity contribution < 1.29 is 14.3 Å². The topological polar surface area (TPSA) is 42.0 Å². The number of nitrogens with zero attached hydrogens (tertiary/aromatic N) is 2. The minimum Gasteiger partial charge on any atom is -0.377 e. The first-order valence-electron chi connectivity index (χ1n) is 8.36. The van der Waals surface area contributed by atoms with Crippen LogP contribution in [-0.4, -0.2) is 74.4 Å². The van der Waals surface area contributed by atoms with Gasteiger partial charge in [-0.05, 0) is 44.8 Å². The van der Waals surface area contributed by atoms with E-state index in [0.29, 0.717) is 6.61 Å². The third-order valence-corrected chi connectivity index (χ3v) is 5.33. The fourth-order valence-corrected chi connectivity index (χ4v) is 4.02. The van der Waals surface area contributed by atoms with Gasteiger partial charge >= 0.3 is 0 Å². The summed E-state index contributed by atoms with van der Waals surface area (Å²) in [4.78, 5) is 16.7.